The second-order valence-electron chi connectivity index (χ2n) is 9.19. The highest BCUT2D eigenvalue weighted by atomic mass is 16.2. The first-order chi connectivity index (χ1) is 14.2. The van der Waals surface area contributed by atoms with Gasteiger partial charge in [-0.3, -0.25) is 14.5 Å². The molecule has 1 aliphatic carbocycles. The Morgan fingerprint density at radius 3 is 2.24 bits per heavy atom. The molecular formula is C24H35N3O2. The lowest BCUT2D eigenvalue weighted by Crippen LogP contribution is -2.66. The third kappa shape index (κ3) is 4.82. The van der Waals surface area contributed by atoms with Crippen LogP contribution in [0.2, 0.25) is 0 Å². The Kier molecular flexibility index (Phi) is 6.53. The zero-order valence-electron chi connectivity index (χ0n) is 17.7. The van der Waals surface area contributed by atoms with Gasteiger partial charge in [0.05, 0.1) is 18.6 Å². The average Bonchev–Trinajstić information content (AvgIpc) is 3.01. The first kappa shape index (κ1) is 20.4. The highest BCUT2D eigenvalue weighted by Crippen LogP contribution is 2.38. The summed E-state index contributed by atoms with van der Waals surface area (Å²) in [5.74, 6) is 0.260. The van der Waals surface area contributed by atoms with E-state index in [1.807, 2.05) is 23.1 Å². The number of carbonyl (C=O) groups excluding carboxylic acids is 2. The topological polar surface area (TPSA) is 43.9 Å². The van der Waals surface area contributed by atoms with Crippen molar-refractivity contribution >= 4 is 11.8 Å². The Morgan fingerprint density at radius 2 is 1.55 bits per heavy atom. The molecule has 1 aromatic rings. The zero-order valence-corrected chi connectivity index (χ0v) is 17.7. The molecule has 5 heteroatoms. The fourth-order valence-corrected chi connectivity index (χ4v) is 5.43. The first-order valence-corrected chi connectivity index (χ1v) is 11.5. The summed E-state index contributed by atoms with van der Waals surface area (Å²) in [6.45, 7) is 4.10. The Balaban J connectivity index is 1.48. The number of piperazine rings is 1. The highest BCUT2D eigenvalue weighted by molar-refractivity contribution is 5.87. The van der Waals surface area contributed by atoms with Gasteiger partial charge < -0.3 is 9.80 Å². The van der Waals surface area contributed by atoms with Crippen molar-refractivity contribution in [2.45, 2.75) is 69.9 Å². The van der Waals surface area contributed by atoms with Crippen molar-refractivity contribution in [3.8, 4) is 0 Å². The van der Waals surface area contributed by atoms with E-state index >= 15 is 0 Å². The normalized spacial score (nSPS) is 23.2. The monoisotopic (exact) mass is 397 g/mol. The predicted molar refractivity (Wildman–Crippen MR) is 114 cm³/mol. The molecule has 0 atom stereocenters. The van der Waals surface area contributed by atoms with E-state index in [9.17, 15) is 9.59 Å². The minimum absolute atomic E-state index is 0.117. The van der Waals surface area contributed by atoms with Crippen molar-refractivity contribution in [1.29, 1.82) is 0 Å². The van der Waals surface area contributed by atoms with Crippen molar-refractivity contribution in [3.05, 3.63) is 35.9 Å². The van der Waals surface area contributed by atoms with E-state index in [2.05, 4.69) is 21.9 Å². The van der Waals surface area contributed by atoms with Gasteiger partial charge >= 0.3 is 0 Å². The van der Waals surface area contributed by atoms with E-state index < -0.39 is 0 Å². The van der Waals surface area contributed by atoms with Crippen molar-refractivity contribution in [3.63, 3.8) is 0 Å². The van der Waals surface area contributed by atoms with Crippen LogP contribution in [-0.4, -0.2) is 64.8 Å². The lowest BCUT2D eigenvalue weighted by atomic mass is 9.78. The van der Waals surface area contributed by atoms with Crippen molar-refractivity contribution in [2.75, 3.05) is 32.7 Å². The molecular weight excluding hydrogens is 362 g/mol. The van der Waals surface area contributed by atoms with Crippen LogP contribution < -0.4 is 0 Å². The third-order valence-electron chi connectivity index (χ3n) is 7.06. The van der Waals surface area contributed by atoms with Gasteiger partial charge in [0.2, 0.25) is 11.8 Å². The van der Waals surface area contributed by atoms with Crippen LogP contribution in [0, 0.1) is 0 Å². The molecule has 29 heavy (non-hydrogen) atoms. The molecule has 1 saturated carbocycles. The van der Waals surface area contributed by atoms with E-state index in [0.29, 0.717) is 19.6 Å². The zero-order chi connectivity index (χ0) is 20.1. The molecule has 0 radical (unpaired) electrons. The van der Waals surface area contributed by atoms with E-state index in [0.717, 1.165) is 38.8 Å². The summed E-state index contributed by atoms with van der Waals surface area (Å²) in [6.07, 6.45) is 10.4. The summed E-state index contributed by atoms with van der Waals surface area (Å²) in [5.41, 5.74) is 0.993. The number of hydrogen-bond donors (Lipinski definition) is 0. The summed E-state index contributed by atoms with van der Waals surface area (Å²) >= 11 is 0. The molecule has 2 amide bonds. The van der Waals surface area contributed by atoms with Crippen LogP contribution in [0.4, 0.5) is 0 Å². The van der Waals surface area contributed by atoms with Crippen LogP contribution >= 0.6 is 0 Å². The molecule has 0 N–H and O–H groups in total. The third-order valence-corrected chi connectivity index (χ3v) is 7.06. The number of carbonyl (C=O) groups is 2. The van der Waals surface area contributed by atoms with Crippen molar-refractivity contribution in [1.82, 2.24) is 14.7 Å². The van der Waals surface area contributed by atoms with Gasteiger partial charge in [-0.05, 0) is 44.3 Å². The Labute approximate surface area is 175 Å². The molecule has 1 spiro atoms. The number of hydrogen-bond acceptors (Lipinski definition) is 3. The van der Waals surface area contributed by atoms with Gasteiger partial charge in [-0.25, -0.2) is 0 Å². The van der Waals surface area contributed by atoms with Gasteiger partial charge in [0, 0.05) is 13.1 Å². The smallest absolute Gasteiger partial charge is 0.243 e. The average molecular weight is 398 g/mol. The molecule has 2 saturated heterocycles. The van der Waals surface area contributed by atoms with Crippen LogP contribution in [0.15, 0.2) is 30.3 Å². The molecule has 2 heterocycles. The Hall–Kier alpha value is -1.88. The largest absolute Gasteiger partial charge is 0.330 e. The van der Waals surface area contributed by atoms with Crippen LogP contribution in [0.1, 0.15) is 63.4 Å². The lowest BCUT2D eigenvalue weighted by molar-refractivity contribution is -0.158. The second-order valence-corrected chi connectivity index (χ2v) is 9.19. The molecule has 0 bridgehead atoms. The summed E-state index contributed by atoms with van der Waals surface area (Å²) < 4.78 is 0. The van der Waals surface area contributed by atoms with E-state index in [1.165, 1.54) is 37.7 Å². The standard InChI is InChI=1S/C24H35N3O2/c28-22(18-25-15-9-1-2-10-16-25)26-19-23(29)27(17-21-11-5-3-6-12-21)24(20-26)13-7-4-8-14-24/h3,5-6,11-12H,1-2,4,7-10,13-20H2. The van der Waals surface area contributed by atoms with Gasteiger partial charge in [-0.1, -0.05) is 62.4 Å². The Bertz CT molecular complexity index is 691. The minimum Gasteiger partial charge on any atom is -0.330 e. The first-order valence-electron chi connectivity index (χ1n) is 11.5. The summed E-state index contributed by atoms with van der Waals surface area (Å²) in [6, 6.07) is 10.3. The SMILES string of the molecule is O=C(CN1CCCCCC1)N1CC(=O)N(Cc2ccccc2)C2(CCCCC2)C1. The number of likely N-dealkylation sites (tertiary alicyclic amines) is 1. The van der Waals surface area contributed by atoms with Gasteiger partial charge in [-0.2, -0.15) is 0 Å². The maximum Gasteiger partial charge on any atom is 0.243 e. The fourth-order valence-electron chi connectivity index (χ4n) is 5.43. The van der Waals surface area contributed by atoms with Crippen molar-refractivity contribution in [2.24, 2.45) is 0 Å². The van der Waals surface area contributed by atoms with Gasteiger partial charge in [0.25, 0.3) is 0 Å². The predicted octanol–water partition coefficient (Wildman–Crippen LogP) is 3.44. The molecule has 0 aromatic heterocycles. The van der Waals surface area contributed by atoms with Gasteiger partial charge in [0.15, 0.2) is 0 Å². The minimum atomic E-state index is -0.183. The maximum atomic E-state index is 13.3. The number of benzene rings is 1. The van der Waals surface area contributed by atoms with Crippen LogP contribution in [0.25, 0.3) is 0 Å². The molecule has 158 valence electrons. The number of nitrogens with zero attached hydrogens (tertiary/aromatic N) is 3. The number of amides is 2. The quantitative estimate of drug-likeness (QED) is 0.782. The molecule has 2 aliphatic heterocycles. The summed E-state index contributed by atoms with van der Waals surface area (Å²) in [7, 11) is 0. The summed E-state index contributed by atoms with van der Waals surface area (Å²) in [4.78, 5) is 32.7. The highest BCUT2D eigenvalue weighted by Gasteiger charge is 2.46. The summed E-state index contributed by atoms with van der Waals surface area (Å²) in [5, 5.41) is 0. The molecule has 3 fully saturated rings. The molecule has 3 aliphatic rings. The van der Waals surface area contributed by atoms with Crippen LogP contribution in [-0.2, 0) is 16.1 Å². The lowest BCUT2D eigenvalue weighted by Gasteiger charge is -2.52. The molecule has 4 rings (SSSR count). The Morgan fingerprint density at radius 1 is 0.897 bits per heavy atom. The second kappa shape index (κ2) is 9.29. The van der Waals surface area contributed by atoms with Crippen LogP contribution in [0.5, 0.6) is 0 Å². The molecule has 0 unspecified atom stereocenters. The van der Waals surface area contributed by atoms with E-state index in [4.69, 9.17) is 0 Å². The molecule has 1 aromatic carbocycles. The molecule has 5 nitrogen and oxygen atoms in total. The maximum absolute atomic E-state index is 13.3. The number of rotatable bonds is 4. The van der Waals surface area contributed by atoms with E-state index in [1.54, 1.807) is 0 Å². The van der Waals surface area contributed by atoms with Crippen LogP contribution in [0.3, 0.4) is 0 Å². The fraction of sp³-hybridized carbons (Fsp3) is 0.667. The van der Waals surface area contributed by atoms with Gasteiger partial charge in [0.1, 0.15) is 0 Å². The van der Waals surface area contributed by atoms with Crippen molar-refractivity contribution < 1.29 is 9.59 Å². The van der Waals surface area contributed by atoms with E-state index in [-0.39, 0.29) is 23.9 Å². The van der Waals surface area contributed by atoms with Gasteiger partial charge in [-0.15, -0.1) is 0 Å².